The summed E-state index contributed by atoms with van der Waals surface area (Å²) in [5, 5.41) is 0.555. The second-order valence-electron chi connectivity index (χ2n) is 6.04. The van der Waals surface area contributed by atoms with Crippen molar-refractivity contribution in [3.05, 3.63) is 63.1 Å². The molecule has 0 aliphatic carbocycles. The minimum absolute atomic E-state index is 0.111. The fourth-order valence-electron chi connectivity index (χ4n) is 2.78. The van der Waals surface area contributed by atoms with E-state index in [1.165, 1.54) is 24.3 Å². The lowest BCUT2D eigenvalue weighted by Crippen LogP contribution is -2.37. The number of anilines is 1. The van der Waals surface area contributed by atoms with Gasteiger partial charge in [0.25, 0.3) is 10.0 Å². The molecule has 0 radical (unpaired) electrons. The molecule has 0 unspecified atom stereocenters. The number of nitrogens with zero attached hydrogens (tertiary/aromatic N) is 1. The molecule has 27 heavy (non-hydrogen) atoms. The van der Waals surface area contributed by atoms with Gasteiger partial charge in [-0.1, -0.05) is 40.9 Å². The maximum Gasteiger partial charge on any atom is 0.335 e. The van der Waals surface area contributed by atoms with Gasteiger partial charge in [0.1, 0.15) is 0 Å². The Morgan fingerprint density at radius 2 is 1.85 bits per heavy atom. The summed E-state index contributed by atoms with van der Waals surface area (Å²) >= 11 is 12.4. The van der Waals surface area contributed by atoms with Crippen LogP contribution in [0.1, 0.15) is 18.1 Å². The quantitative estimate of drug-likeness (QED) is 0.678. The highest BCUT2D eigenvalue weighted by molar-refractivity contribution is 7.92. The van der Waals surface area contributed by atoms with Gasteiger partial charge in [-0.3, -0.25) is 4.31 Å². The van der Waals surface area contributed by atoms with Crippen molar-refractivity contribution in [3.8, 4) is 0 Å². The molecule has 1 aliphatic heterocycles. The van der Waals surface area contributed by atoms with Crippen molar-refractivity contribution in [1.29, 1.82) is 0 Å². The molecular formula is C19H17Cl2NO4S. The van der Waals surface area contributed by atoms with E-state index in [0.29, 0.717) is 16.3 Å². The number of halogens is 2. The van der Waals surface area contributed by atoms with Crippen LogP contribution < -0.4 is 4.31 Å². The van der Waals surface area contributed by atoms with E-state index in [9.17, 15) is 13.2 Å². The van der Waals surface area contributed by atoms with E-state index in [4.69, 9.17) is 27.9 Å². The molecule has 2 aromatic rings. The van der Waals surface area contributed by atoms with Gasteiger partial charge in [-0.05, 0) is 44.2 Å². The summed E-state index contributed by atoms with van der Waals surface area (Å²) in [6.45, 7) is 3.57. The molecule has 142 valence electrons. The average molecular weight is 426 g/mol. The summed E-state index contributed by atoms with van der Waals surface area (Å²) in [6.07, 6.45) is 1.55. The van der Waals surface area contributed by atoms with Crippen molar-refractivity contribution in [3.63, 3.8) is 0 Å². The molecule has 1 aliphatic rings. The summed E-state index contributed by atoms with van der Waals surface area (Å²) in [6, 6.07) is 9.50. The van der Waals surface area contributed by atoms with Crippen molar-refractivity contribution < 1.29 is 17.9 Å². The highest BCUT2D eigenvalue weighted by atomic mass is 35.5. The molecule has 0 fully saturated rings. The monoisotopic (exact) mass is 425 g/mol. The number of aryl methyl sites for hydroxylation is 1. The molecule has 2 aromatic carbocycles. The van der Waals surface area contributed by atoms with Crippen LogP contribution in [0.3, 0.4) is 0 Å². The lowest BCUT2D eigenvalue weighted by molar-refractivity contribution is -0.138. The third-order valence-corrected chi connectivity index (χ3v) is 6.43. The summed E-state index contributed by atoms with van der Waals surface area (Å²) < 4.78 is 32.7. The number of ether oxygens (including phenoxy) is 1. The minimum Gasteiger partial charge on any atom is -0.463 e. The number of fused-ring (bicyclic) bond motifs is 1. The number of hydrogen-bond acceptors (Lipinski definition) is 4. The number of benzene rings is 2. The molecular weight excluding hydrogens is 409 g/mol. The topological polar surface area (TPSA) is 63.7 Å². The van der Waals surface area contributed by atoms with Crippen LogP contribution >= 0.6 is 23.2 Å². The number of hydrogen-bond donors (Lipinski definition) is 0. The van der Waals surface area contributed by atoms with Crippen molar-refractivity contribution in [1.82, 2.24) is 0 Å². The van der Waals surface area contributed by atoms with Gasteiger partial charge < -0.3 is 4.74 Å². The first kappa shape index (κ1) is 19.7. The van der Waals surface area contributed by atoms with Crippen molar-refractivity contribution in [2.45, 2.75) is 18.7 Å². The molecule has 5 nitrogen and oxygen atoms in total. The Morgan fingerprint density at radius 3 is 2.48 bits per heavy atom. The minimum atomic E-state index is -3.94. The Morgan fingerprint density at radius 1 is 1.19 bits per heavy atom. The third-order valence-electron chi connectivity index (χ3n) is 4.12. The molecule has 0 saturated heterocycles. The first-order valence-electron chi connectivity index (χ1n) is 8.20. The lowest BCUT2D eigenvalue weighted by Gasteiger charge is -2.30. The van der Waals surface area contributed by atoms with Crippen molar-refractivity contribution in [2.75, 3.05) is 17.5 Å². The first-order valence-corrected chi connectivity index (χ1v) is 10.4. The molecule has 0 N–H and O–H groups in total. The molecule has 0 aromatic heterocycles. The second-order valence-corrected chi connectivity index (χ2v) is 8.74. The predicted molar refractivity (Wildman–Crippen MR) is 107 cm³/mol. The van der Waals surface area contributed by atoms with E-state index < -0.39 is 16.0 Å². The van der Waals surface area contributed by atoms with Crippen molar-refractivity contribution >= 4 is 51.0 Å². The third kappa shape index (κ3) is 3.83. The summed E-state index contributed by atoms with van der Waals surface area (Å²) in [5.74, 6) is -0.585. The SMILES string of the molecule is CCOC(=O)C1=Cc2c(Cl)cc(Cl)cc2N(S(=O)(=O)c2ccc(C)cc2)C1. The molecule has 3 rings (SSSR count). The highest BCUT2D eigenvalue weighted by Gasteiger charge is 2.33. The van der Waals surface area contributed by atoms with Gasteiger partial charge in [-0.2, -0.15) is 0 Å². The van der Waals surface area contributed by atoms with E-state index in [1.807, 2.05) is 6.92 Å². The Balaban J connectivity index is 2.17. The normalized spacial score (nSPS) is 13.8. The molecule has 0 saturated carbocycles. The fraction of sp³-hybridized carbons (Fsp3) is 0.211. The van der Waals surface area contributed by atoms with E-state index in [0.717, 1.165) is 9.87 Å². The zero-order chi connectivity index (χ0) is 19.8. The zero-order valence-electron chi connectivity index (χ0n) is 14.7. The van der Waals surface area contributed by atoms with Crippen LogP contribution in [-0.4, -0.2) is 27.5 Å². The molecule has 8 heteroatoms. The van der Waals surface area contributed by atoms with E-state index in [-0.39, 0.29) is 28.6 Å². The van der Waals surface area contributed by atoms with Gasteiger partial charge in [0.05, 0.1) is 34.3 Å². The van der Waals surface area contributed by atoms with Crippen LogP contribution in [0.5, 0.6) is 0 Å². The van der Waals surface area contributed by atoms with Crippen LogP contribution in [0.25, 0.3) is 6.08 Å². The van der Waals surface area contributed by atoms with E-state index >= 15 is 0 Å². The van der Waals surface area contributed by atoms with E-state index in [2.05, 4.69) is 0 Å². The molecule has 0 amide bonds. The standard InChI is InChI=1S/C19H17Cl2NO4S/c1-3-26-19(23)13-8-16-17(21)9-14(20)10-18(16)22(11-13)27(24,25)15-6-4-12(2)5-7-15/h4-10H,3,11H2,1-2H3. The number of esters is 1. The van der Waals surface area contributed by atoms with Crippen LogP contribution in [0.2, 0.25) is 10.0 Å². The molecule has 0 spiro atoms. The van der Waals surface area contributed by atoms with Crippen LogP contribution in [0.15, 0.2) is 46.9 Å². The van der Waals surface area contributed by atoms with Crippen molar-refractivity contribution in [2.24, 2.45) is 0 Å². The maximum absolute atomic E-state index is 13.3. The van der Waals surface area contributed by atoms with Gasteiger partial charge in [-0.15, -0.1) is 0 Å². The number of rotatable bonds is 4. The van der Waals surface area contributed by atoms with Gasteiger partial charge in [0, 0.05) is 10.6 Å². The van der Waals surface area contributed by atoms with Crippen LogP contribution in [-0.2, 0) is 19.6 Å². The smallest absolute Gasteiger partial charge is 0.335 e. The molecule has 1 heterocycles. The zero-order valence-corrected chi connectivity index (χ0v) is 17.0. The Bertz CT molecular complexity index is 1030. The predicted octanol–water partition coefficient (Wildman–Crippen LogP) is 4.46. The van der Waals surface area contributed by atoms with Crippen LogP contribution in [0, 0.1) is 6.92 Å². The first-order chi connectivity index (χ1) is 12.7. The second kappa shape index (κ2) is 7.54. The Hall–Kier alpha value is -2.02. The summed E-state index contributed by atoms with van der Waals surface area (Å²) in [7, 11) is -3.94. The largest absolute Gasteiger partial charge is 0.463 e. The van der Waals surface area contributed by atoms with Gasteiger partial charge >= 0.3 is 5.97 Å². The summed E-state index contributed by atoms with van der Waals surface area (Å²) in [4.78, 5) is 12.4. The Labute approximate surface area is 168 Å². The number of carbonyl (C=O) groups excluding carboxylic acids is 1. The number of sulfonamides is 1. The van der Waals surface area contributed by atoms with Gasteiger partial charge in [0.2, 0.25) is 0 Å². The van der Waals surface area contributed by atoms with E-state index in [1.54, 1.807) is 25.1 Å². The molecule has 0 atom stereocenters. The number of carbonyl (C=O) groups is 1. The maximum atomic E-state index is 13.3. The fourth-order valence-corrected chi connectivity index (χ4v) is 4.77. The Kier molecular flexibility index (Phi) is 5.51. The highest BCUT2D eigenvalue weighted by Crippen LogP contribution is 2.39. The average Bonchev–Trinajstić information content (AvgIpc) is 2.61. The van der Waals surface area contributed by atoms with Crippen LogP contribution in [0.4, 0.5) is 5.69 Å². The van der Waals surface area contributed by atoms with Gasteiger partial charge in [-0.25, -0.2) is 13.2 Å². The molecule has 0 bridgehead atoms. The summed E-state index contributed by atoms with van der Waals surface area (Å²) in [5.41, 5.74) is 1.86. The van der Waals surface area contributed by atoms with Gasteiger partial charge in [0.15, 0.2) is 0 Å². The lowest BCUT2D eigenvalue weighted by atomic mass is 10.0.